The van der Waals surface area contributed by atoms with Gasteiger partial charge in [-0.1, -0.05) is 19.8 Å². The van der Waals surface area contributed by atoms with E-state index < -0.39 is 0 Å². The first kappa shape index (κ1) is 11.5. The fraction of sp³-hybridized carbons (Fsp3) is 0.917. The number of carbonyl (C=O) groups is 1. The van der Waals surface area contributed by atoms with Crippen molar-refractivity contribution in [3.05, 3.63) is 0 Å². The maximum absolute atomic E-state index is 11.7. The lowest BCUT2D eigenvalue weighted by Gasteiger charge is -2.23. The van der Waals surface area contributed by atoms with Crippen molar-refractivity contribution in [2.24, 2.45) is 11.8 Å². The minimum absolute atomic E-state index is 0.00750. The molecule has 0 radical (unpaired) electrons. The zero-order valence-corrected chi connectivity index (χ0v) is 9.80. The average Bonchev–Trinajstić information content (AvgIpc) is 2.79. The fourth-order valence-electron chi connectivity index (χ4n) is 1.57. The second kappa shape index (κ2) is 4.33. The Balaban J connectivity index is 2.38. The van der Waals surface area contributed by atoms with E-state index in [0.717, 1.165) is 18.8 Å². The van der Waals surface area contributed by atoms with Gasteiger partial charge in [0.25, 0.3) is 0 Å². The second-order valence-corrected chi connectivity index (χ2v) is 5.32. The Morgan fingerprint density at radius 2 is 2.00 bits per heavy atom. The van der Waals surface area contributed by atoms with Gasteiger partial charge in [0.1, 0.15) is 5.60 Å². The van der Waals surface area contributed by atoms with Crippen LogP contribution < -0.4 is 0 Å². The van der Waals surface area contributed by atoms with Gasteiger partial charge in [0.15, 0.2) is 0 Å². The van der Waals surface area contributed by atoms with Crippen LogP contribution in [0.5, 0.6) is 0 Å². The van der Waals surface area contributed by atoms with Crippen LogP contribution in [0, 0.1) is 11.8 Å². The third-order valence-electron chi connectivity index (χ3n) is 2.55. The predicted molar refractivity (Wildman–Crippen MR) is 57.0 cm³/mol. The summed E-state index contributed by atoms with van der Waals surface area (Å²) in [6, 6.07) is 0. The van der Waals surface area contributed by atoms with Crippen molar-refractivity contribution in [1.29, 1.82) is 0 Å². The van der Waals surface area contributed by atoms with Gasteiger partial charge in [-0.2, -0.15) is 0 Å². The van der Waals surface area contributed by atoms with Crippen LogP contribution in [0.2, 0.25) is 0 Å². The van der Waals surface area contributed by atoms with Gasteiger partial charge in [-0.05, 0) is 39.5 Å². The lowest BCUT2D eigenvalue weighted by Crippen LogP contribution is -2.28. The van der Waals surface area contributed by atoms with Crippen LogP contribution in [0.3, 0.4) is 0 Å². The van der Waals surface area contributed by atoms with Gasteiger partial charge in [-0.15, -0.1) is 0 Å². The van der Waals surface area contributed by atoms with Gasteiger partial charge < -0.3 is 4.74 Å². The van der Waals surface area contributed by atoms with Gasteiger partial charge in [-0.25, -0.2) is 0 Å². The number of esters is 1. The van der Waals surface area contributed by atoms with Crippen molar-refractivity contribution in [2.45, 2.75) is 59.0 Å². The molecule has 1 fully saturated rings. The van der Waals surface area contributed by atoms with Crippen molar-refractivity contribution in [1.82, 2.24) is 0 Å². The van der Waals surface area contributed by atoms with Gasteiger partial charge in [0.2, 0.25) is 0 Å². The molecule has 1 aliphatic carbocycles. The molecule has 0 N–H and O–H groups in total. The first-order valence-electron chi connectivity index (χ1n) is 5.65. The largest absolute Gasteiger partial charge is 0.460 e. The van der Waals surface area contributed by atoms with Crippen molar-refractivity contribution < 1.29 is 9.53 Å². The fourth-order valence-corrected chi connectivity index (χ4v) is 1.57. The molecule has 14 heavy (non-hydrogen) atoms. The average molecular weight is 198 g/mol. The summed E-state index contributed by atoms with van der Waals surface area (Å²) in [4.78, 5) is 11.7. The summed E-state index contributed by atoms with van der Waals surface area (Å²) in [6.45, 7) is 7.84. The molecule has 0 aromatic heterocycles. The van der Waals surface area contributed by atoms with Gasteiger partial charge in [0.05, 0.1) is 5.92 Å². The van der Waals surface area contributed by atoms with Crippen LogP contribution in [0.1, 0.15) is 53.4 Å². The lowest BCUT2D eigenvalue weighted by molar-refractivity contribution is -0.160. The van der Waals surface area contributed by atoms with Crippen LogP contribution in [0.15, 0.2) is 0 Å². The van der Waals surface area contributed by atoms with Crippen LogP contribution in [0.25, 0.3) is 0 Å². The summed E-state index contributed by atoms with van der Waals surface area (Å²) in [7, 11) is 0. The summed E-state index contributed by atoms with van der Waals surface area (Å²) in [6.07, 6.45) is 4.55. The maximum atomic E-state index is 11.7. The Kier molecular flexibility index (Phi) is 3.57. The van der Waals surface area contributed by atoms with Crippen molar-refractivity contribution in [3.63, 3.8) is 0 Å². The summed E-state index contributed by atoms with van der Waals surface area (Å²) in [5.74, 6) is 0.918. The second-order valence-electron chi connectivity index (χ2n) is 5.32. The number of rotatable bonds is 4. The third kappa shape index (κ3) is 4.12. The molecule has 1 rings (SSSR count). The SMILES string of the molecule is CCC(CC1CC1)C(=O)OC(C)(C)C. The standard InChI is InChI=1S/C12H22O2/c1-5-10(8-9-6-7-9)11(13)14-12(2,3)4/h9-10H,5-8H2,1-4H3. The highest BCUT2D eigenvalue weighted by molar-refractivity contribution is 5.72. The Morgan fingerprint density at radius 3 is 2.36 bits per heavy atom. The lowest BCUT2D eigenvalue weighted by atomic mass is 9.99. The van der Waals surface area contributed by atoms with Crippen LogP contribution in [-0.2, 0) is 9.53 Å². The number of ether oxygens (including phenoxy) is 1. The first-order chi connectivity index (χ1) is 6.42. The molecule has 0 heterocycles. The van der Waals surface area contributed by atoms with Crippen LogP contribution in [0.4, 0.5) is 0 Å². The summed E-state index contributed by atoms with van der Waals surface area (Å²) < 4.78 is 5.38. The number of carbonyl (C=O) groups excluding carboxylic acids is 1. The van der Waals surface area contributed by atoms with E-state index in [-0.39, 0.29) is 17.5 Å². The van der Waals surface area contributed by atoms with Crippen molar-refractivity contribution in [2.75, 3.05) is 0 Å². The monoisotopic (exact) mass is 198 g/mol. The predicted octanol–water partition coefficient (Wildman–Crippen LogP) is 3.15. The molecule has 1 saturated carbocycles. The Morgan fingerprint density at radius 1 is 1.43 bits per heavy atom. The van der Waals surface area contributed by atoms with E-state index in [0.29, 0.717) is 0 Å². The van der Waals surface area contributed by atoms with E-state index in [9.17, 15) is 4.79 Å². The minimum Gasteiger partial charge on any atom is -0.460 e. The molecule has 2 nitrogen and oxygen atoms in total. The molecule has 1 atom stereocenters. The summed E-state index contributed by atoms with van der Waals surface area (Å²) in [5.41, 5.74) is -0.339. The van der Waals surface area contributed by atoms with Gasteiger partial charge in [0, 0.05) is 0 Å². The van der Waals surface area contributed by atoms with Crippen LogP contribution >= 0.6 is 0 Å². The third-order valence-corrected chi connectivity index (χ3v) is 2.55. The van der Waals surface area contributed by atoms with E-state index in [2.05, 4.69) is 6.92 Å². The molecule has 0 spiro atoms. The van der Waals surface area contributed by atoms with Gasteiger partial charge >= 0.3 is 5.97 Å². The zero-order chi connectivity index (χ0) is 10.8. The molecule has 0 aromatic carbocycles. The Labute approximate surface area is 87.0 Å². The Hall–Kier alpha value is -0.530. The topological polar surface area (TPSA) is 26.3 Å². The maximum Gasteiger partial charge on any atom is 0.309 e. The Bertz CT molecular complexity index is 199. The quantitative estimate of drug-likeness (QED) is 0.649. The highest BCUT2D eigenvalue weighted by atomic mass is 16.6. The van der Waals surface area contributed by atoms with Gasteiger partial charge in [-0.3, -0.25) is 4.79 Å². The molecule has 0 aliphatic heterocycles. The number of hydrogen-bond acceptors (Lipinski definition) is 2. The van der Waals surface area contributed by atoms with Crippen LogP contribution in [-0.4, -0.2) is 11.6 Å². The molecular formula is C12H22O2. The molecular weight excluding hydrogens is 176 g/mol. The molecule has 0 bridgehead atoms. The van der Waals surface area contributed by atoms with Crippen molar-refractivity contribution >= 4 is 5.97 Å². The van der Waals surface area contributed by atoms with E-state index in [1.807, 2.05) is 20.8 Å². The molecule has 82 valence electrons. The summed E-state index contributed by atoms with van der Waals surface area (Å²) >= 11 is 0. The smallest absolute Gasteiger partial charge is 0.309 e. The zero-order valence-electron chi connectivity index (χ0n) is 9.80. The minimum atomic E-state index is -0.339. The molecule has 1 unspecified atom stereocenters. The molecule has 1 aliphatic rings. The molecule has 0 amide bonds. The molecule has 0 aromatic rings. The van der Waals surface area contributed by atoms with E-state index in [1.54, 1.807) is 0 Å². The van der Waals surface area contributed by atoms with E-state index >= 15 is 0 Å². The van der Waals surface area contributed by atoms with Crippen molar-refractivity contribution in [3.8, 4) is 0 Å². The first-order valence-corrected chi connectivity index (χ1v) is 5.65. The number of hydrogen-bond donors (Lipinski definition) is 0. The highest BCUT2D eigenvalue weighted by Gasteiger charge is 2.30. The highest BCUT2D eigenvalue weighted by Crippen LogP contribution is 2.36. The molecule has 2 heteroatoms. The summed E-state index contributed by atoms with van der Waals surface area (Å²) in [5, 5.41) is 0. The normalized spacial score (nSPS) is 19.1. The van der Waals surface area contributed by atoms with E-state index in [4.69, 9.17) is 4.74 Å². The molecule has 0 saturated heterocycles. The van der Waals surface area contributed by atoms with E-state index in [1.165, 1.54) is 12.8 Å².